The van der Waals surface area contributed by atoms with Crippen LogP contribution in [0.25, 0.3) is 16.7 Å². The molecule has 32 heavy (non-hydrogen) atoms. The normalized spacial score (nSPS) is 16.9. The van der Waals surface area contributed by atoms with Gasteiger partial charge in [-0.1, -0.05) is 0 Å². The molecule has 3 aromatic rings. The summed E-state index contributed by atoms with van der Waals surface area (Å²) in [7, 11) is 3.52. The molecule has 166 valence electrons. The number of amides is 2. The highest BCUT2D eigenvalue weighted by Gasteiger charge is 2.34. The van der Waals surface area contributed by atoms with Gasteiger partial charge in [-0.25, -0.2) is 4.98 Å². The number of pyridine rings is 1. The number of piperidine rings is 1. The minimum Gasteiger partial charge on any atom is -0.381 e. The second kappa shape index (κ2) is 8.30. The van der Waals surface area contributed by atoms with Crippen molar-refractivity contribution < 1.29 is 9.59 Å². The summed E-state index contributed by atoms with van der Waals surface area (Å²) in [5, 5.41) is 4.58. The van der Waals surface area contributed by atoms with Crippen LogP contribution in [0.15, 0.2) is 48.8 Å². The fourth-order valence-electron chi connectivity index (χ4n) is 4.42. The van der Waals surface area contributed by atoms with E-state index in [-0.39, 0.29) is 5.91 Å². The van der Waals surface area contributed by atoms with Crippen molar-refractivity contribution in [1.29, 1.82) is 0 Å². The zero-order valence-electron chi connectivity index (χ0n) is 18.6. The molecule has 3 heterocycles. The summed E-state index contributed by atoms with van der Waals surface area (Å²) in [5.41, 5.74) is 2.69. The first-order chi connectivity index (χ1) is 15.5. The van der Waals surface area contributed by atoms with E-state index in [4.69, 9.17) is 0 Å². The molecule has 0 unspecified atom stereocenters. The topological polar surface area (TPSA) is 70.5 Å². The molecule has 1 saturated carbocycles. The van der Waals surface area contributed by atoms with Crippen molar-refractivity contribution in [2.75, 3.05) is 32.5 Å². The molecule has 2 fully saturated rings. The lowest BCUT2D eigenvalue weighted by Crippen LogP contribution is -2.43. The third-order valence-electron chi connectivity index (χ3n) is 6.44. The van der Waals surface area contributed by atoms with Crippen LogP contribution >= 0.6 is 0 Å². The molecule has 7 heteroatoms. The van der Waals surface area contributed by atoms with Gasteiger partial charge in [0.25, 0.3) is 5.91 Å². The predicted molar refractivity (Wildman–Crippen MR) is 125 cm³/mol. The van der Waals surface area contributed by atoms with Crippen molar-refractivity contribution in [2.24, 2.45) is 5.92 Å². The Kier molecular flexibility index (Phi) is 5.33. The van der Waals surface area contributed by atoms with Gasteiger partial charge < -0.3 is 19.7 Å². The molecule has 0 radical (unpaired) electrons. The Balaban J connectivity index is 1.24. The summed E-state index contributed by atoms with van der Waals surface area (Å²) in [4.78, 5) is 32.7. The van der Waals surface area contributed by atoms with E-state index in [1.165, 1.54) is 0 Å². The van der Waals surface area contributed by atoms with Crippen LogP contribution in [0.3, 0.4) is 0 Å². The first kappa shape index (κ1) is 20.5. The molecule has 2 aromatic heterocycles. The molecule has 0 bridgehead atoms. The Morgan fingerprint density at radius 2 is 1.81 bits per heavy atom. The van der Waals surface area contributed by atoms with Gasteiger partial charge in [0, 0.05) is 56.3 Å². The number of carbonyl (C=O) groups excluding carboxylic acids is 2. The van der Waals surface area contributed by atoms with Crippen LogP contribution in [0, 0.1) is 5.92 Å². The fourth-order valence-corrected chi connectivity index (χ4v) is 4.42. The van der Waals surface area contributed by atoms with Gasteiger partial charge in [0.1, 0.15) is 5.82 Å². The molecule has 1 aromatic carbocycles. The van der Waals surface area contributed by atoms with Gasteiger partial charge in [-0.15, -0.1) is 0 Å². The molecule has 0 spiro atoms. The molecule has 5 rings (SSSR count). The van der Waals surface area contributed by atoms with Crippen molar-refractivity contribution in [1.82, 2.24) is 19.4 Å². The largest absolute Gasteiger partial charge is 0.381 e. The highest BCUT2D eigenvalue weighted by Crippen LogP contribution is 2.32. The molecule has 1 aliphatic carbocycles. The maximum Gasteiger partial charge on any atom is 0.253 e. The number of nitrogens with zero attached hydrogens (tertiary/aromatic N) is 4. The number of likely N-dealkylation sites (tertiary alicyclic amines) is 1. The molecule has 1 saturated heterocycles. The first-order valence-electron chi connectivity index (χ1n) is 11.3. The van der Waals surface area contributed by atoms with E-state index in [9.17, 15) is 9.59 Å². The number of hydrogen-bond donors (Lipinski definition) is 1. The van der Waals surface area contributed by atoms with E-state index in [1.807, 2.05) is 52.2 Å². The van der Waals surface area contributed by atoms with Gasteiger partial charge in [-0.2, -0.15) is 0 Å². The minimum atomic E-state index is -0.00376. The zero-order valence-corrected chi connectivity index (χ0v) is 18.6. The van der Waals surface area contributed by atoms with Crippen LogP contribution < -0.4 is 5.32 Å². The monoisotopic (exact) mass is 431 g/mol. The predicted octanol–water partition coefficient (Wildman–Crippen LogP) is 3.54. The summed E-state index contributed by atoms with van der Waals surface area (Å²) in [6.45, 7) is 1.68. The third kappa shape index (κ3) is 4.07. The number of carbonyl (C=O) groups is 2. The minimum absolute atomic E-state index is 0.00376. The fraction of sp³-hybridized carbons (Fsp3) is 0.400. The second-order valence-electron chi connectivity index (χ2n) is 9.08. The Hall–Kier alpha value is -3.35. The van der Waals surface area contributed by atoms with Crippen molar-refractivity contribution in [2.45, 2.75) is 31.7 Å². The summed E-state index contributed by atoms with van der Waals surface area (Å²) < 4.78 is 2.03. The number of hydrogen-bond acceptors (Lipinski definition) is 4. The third-order valence-corrected chi connectivity index (χ3v) is 6.44. The maximum atomic E-state index is 12.2. The summed E-state index contributed by atoms with van der Waals surface area (Å²) in [6.07, 6.45) is 7.93. The Morgan fingerprint density at radius 1 is 1.03 bits per heavy atom. The average Bonchev–Trinajstić information content (AvgIpc) is 3.58. The van der Waals surface area contributed by atoms with E-state index < -0.39 is 0 Å². The lowest BCUT2D eigenvalue weighted by molar-refractivity contribution is -0.133. The number of nitrogens with one attached hydrogen (secondary N) is 1. The molecule has 2 amide bonds. The SMILES string of the molecule is CN(C)C(=O)c1ccc2c(ccn2-c2ccc(NC3CCN(C(=O)C4CC4)CC3)cn2)c1. The highest BCUT2D eigenvalue weighted by atomic mass is 16.2. The summed E-state index contributed by atoms with van der Waals surface area (Å²) in [5.74, 6) is 1.49. The molecule has 1 aliphatic heterocycles. The standard InChI is InChI=1S/C25H29N5O2/c1-28(2)24(31)19-5-7-22-18(15-19)9-14-30(22)23-8-6-21(16-26-23)27-20-10-12-29(13-11-20)25(32)17-3-4-17/h5-9,14-17,20,27H,3-4,10-13H2,1-2H3. The number of aromatic nitrogens is 2. The molecule has 1 N–H and O–H groups in total. The number of anilines is 1. The van der Waals surface area contributed by atoms with Gasteiger partial charge in [0.2, 0.25) is 5.91 Å². The van der Waals surface area contributed by atoms with Gasteiger partial charge in [0.15, 0.2) is 0 Å². The van der Waals surface area contributed by atoms with Gasteiger partial charge in [-0.3, -0.25) is 9.59 Å². The Morgan fingerprint density at radius 3 is 2.47 bits per heavy atom. The second-order valence-corrected chi connectivity index (χ2v) is 9.08. The molecule has 0 atom stereocenters. The quantitative estimate of drug-likeness (QED) is 0.671. The van der Waals surface area contributed by atoms with E-state index in [0.717, 1.165) is 61.2 Å². The molecular weight excluding hydrogens is 402 g/mol. The smallest absolute Gasteiger partial charge is 0.253 e. The lowest BCUT2D eigenvalue weighted by atomic mass is 10.0. The van der Waals surface area contributed by atoms with Crippen molar-refractivity contribution in [3.8, 4) is 5.82 Å². The number of rotatable bonds is 5. The van der Waals surface area contributed by atoms with Crippen LogP contribution in [0.5, 0.6) is 0 Å². The molecule has 2 aliphatic rings. The van der Waals surface area contributed by atoms with E-state index >= 15 is 0 Å². The van der Waals surface area contributed by atoms with E-state index in [2.05, 4.69) is 16.4 Å². The van der Waals surface area contributed by atoms with Crippen molar-refractivity contribution in [3.63, 3.8) is 0 Å². The van der Waals surface area contributed by atoms with Gasteiger partial charge in [0.05, 0.1) is 17.4 Å². The van der Waals surface area contributed by atoms with Crippen LogP contribution in [0.2, 0.25) is 0 Å². The number of benzene rings is 1. The van der Waals surface area contributed by atoms with Gasteiger partial charge in [-0.05, 0) is 62.1 Å². The lowest BCUT2D eigenvalue weighted by Gasteiger charge is -2.33. The molecule has 7 nitrogen and oxygen atoms in total. The van der Waals surface area contributed by atoms with Gasteiger partial charge >= 0.3 is 0 Å². The van der Waals surface area contributed by atoms with Crippen LogP contribution in [-0.2, 0) is 4.79 Å². The maximum absolute atomic E-state index is 12.2. The van der Waals surface area contributed by atoms with Crippen LogP contribution in [0.4, 0.5) is 5.69 Å². The zero-order chi connectivity index (χ0) is 22.2. The van der Waals surface area contributed by atoms with Crippen LogP contribution in [0.1, 0.15) is 36.0 Å². The van der Waals surface area contributed by atoms with Crippen LogP contribution in [-0.4, -0.2) is 64.4 Å². The van der Waals surface area contributed by atoms with Crippen molar-refractivity contribution in [3.05, 3.63) is 54.4 Å². The first-order valence-corrected chi connectivity index (χ1v) is 11.3. The average molecular weight is 432 g/mol. The Bertz CT molecular complexity index is 1140. The Labute approximate surface area is 188 Å². The number of fused-ring (bicyclic) bond motifs is 1. The van der Waals surface area contributed by atoms with Crippen molar-refractivity contribution >= 4 is 28.4 Å². The summed E-state index contributed by atoms with van der Waals surface area (Å²) >= 11 is 0. The van der Waals surface area contributed by atoms with E-state index in [0.29, 0.717) is 23.4 Å². The highest BCUT2D eigenvalue weighted by molar-refractivity contribution is 5.98. The summed E-state index contributed by atoms with van der Waals surface area (Å²) in [6, 6.07) is 12.2. The molecular formula is C25H29N5O2. The van der Waals surface area contributed by atoms with E-state index in [1.54, 1.807) is 19.0 Å².